The molecule has 3 aromatic heterocycles. The molecule has 1 saturated heterocycles. The average Bonchev–Trinajstić information content (AvgIpc) is 3.56. The quantitative estimate of drug-likeness (QED) is 0.213. The van der Waals surface area contributed by atoms with E-state index in [0.717, 1.165) is 43.0 Å². The number of ether oxygens (including phenoxy) is 1. The van der Waals surface area contributed by atoms with Gasteiger partial charge in [-0.15, -0.1) is 0 Å². The molecule has 3 N–H and O–H groups in total. The highest BCUT2D eigenvalue weighted by Gasteiger charge is 2.24. The first kappa shape index (κ1) is 28.7. The Kier molecular flexibility index (Phi) is 8.30. The van der Waals surface area contributed by atoms with Crippen molar-refractivity contribution in [1.82, 2.24) is 34.5 Å². The Morgan fingerprint density at radius 1 is 1.32 bits per heavy atom. The summed E-state index contributed by atoms with van der Waals surface area (Å²) in [5.74, 6) is -0.189. The summed E-state index contributed by atoms with van der Waals surface area (Å²) in [6, 6.07) is 6.86. The van der Waals surface area contributed by atoms with Crippen LogP contribution in [0.4, 0.5) is 0 Å². The third-order valence-electron chi connectivity index (χ3n) is 7.31. The zero-order chi connectivity index (χ0) is 28.6. The number of nitrogens with two attached hydrogens (primary N) is 1. The van der Waals surface area contributed by atoms with Crippen LogP contribution in [0.2, 0.25) is 30.7 Å². The third-order valence-corrected chi connectivity index (χ3v) is 9.25. The monoisotopic (exact) mass is 582 g/mol. The summed E-state index contributed by atoms with van der Waals surface area (Å²) in [5.41, 5.74) is 9.82. The Labute approximate surface area is 240 Å². The minimum Gasteiger partial charge on any atom is -0.361 e. The van der Waals surface area contributed by atoms with Crippen molar-refractivity contribution in [3.05, 3.63) is 41.2 Å². The Bertz CT molecular complexity index is 1530. The number of nitrogens with zero attached hydrogens (tertiary/aromatic N) is 6. The van der Waals surface area contributed by atoms with Crippen molar-refractivity contribution >= 4 is 47.6 Å². The van der Waals surface area contributed by atoms with E-state index in [4.69, 9.17) is 37.1 Å². The molecule has 12 heteroatoms. The summed E-state index contributed by atoms with van der Waals surface area (Å²) in [7, 11) is 0.646. The molecular formula is C28H39ClN8O2Si. The van der Waals surface area contributed by atoms with Crippen LogP contribution in [0, 0.1) is 0 Å². The van der Waals surface area contributed by atoms with Gasteiger partial charge in [-0.2, -0.15) is 5.10 Å². The number of carbonyl (C=O) groups is 1. The predicted molar refractivity (Wildman–Crippen MR) is 162 cm³/mol. The Morgan fingerprint density at radius 3 is 2.85 bits per heavy atom. The van der Waals surface area contributed by atoms with Crippen molar-refractivity contribution in [2.75, 3.05) is 26.2 Å². The van der Waals surface area contributed by atoms with Crippen LogP contribution < -0.4 is 11.1 Å². The van der Waals surface area contributed by atoms with E-state index in [2.05, 4.69) is 29.9 Å². The lowest BCUT2D eigenvalue weighted by atomic mass is 10.1. The maximum absolute atomic E-state index is 13.6. The molecule has 2 atom stereocenters. The first-order valence-electron chi connectivity index (χ1n) is 13.8. The zero-order valence-electron chi connectivity index (χ0n) is 23.9. The van der Waals surface area contributed by atoms with Crippen LogP contribution in [-0.4, -0.2) is 81.5 Å². The van der Waals surface area contributed by atoms with Gasteiger partial charge in [-0.3, -0.25) is 14.4 Å². The van der Waals surface area contributed by atoms with Crippen LogP contribution in [0.25, 0.3) is 33.5 Å². The van der Waals surface area contributed by atoms with E-state index in [1.54, 1.807) is 17.1 Å². The molecule has 0 bridgehead atoms. The molecule has 0 spiro atoms. The summed E-state index contributed by atoms with van der Waals surface area (Å²) in [6.07, 6.45) is 4.49. The lowest BCUT2D eigenvalue weighted by Gasteiger charge is -2.21. The fourth-order valence-corrected chi connectivity index (χ4v) is 6.08. The fraction of sp³-hybridized carbons (Fsp3) is 0.500. The third kappa shape index (κ3) is 6.39. The summed E-state index contributed by atoms with van der Waals surface area (Å²) < 4.78 is 9.66. The maximum Gasteiger partial charge on any atom is 0.255 e. The predicted octanol–water partition coefficient (Wildman–Crippen LogP) is 4.10. The molecule has 1 aromatic carbocycles. The van der Waals surface area contributed by atoms with Gasteiger partial charge in [0.15, 0.2) is 5.65 Å². The van der Waals surface area contributed by atoms with Crippen molar-refractivity contribution in [2.24, 2.45) is 12.8 Å². The van der Waals surface area contributed by atoms with Crippen molar-refractivity contribution in [3.63, 3.8) is 0 Å². The molecular weight excluding hydrogens is 544 g/mol. The molecule has 1 aliphatic rings. The molecule has 5 rings (SSSR count). The van der Waals surface area contributed by atoms with Crippen LogP contribution in [0.5, 0.6) is 0 Å². The van der Waals surface area contributed by atoms with Crippen LogP contribution in [0.3, 0.4) is 0 Å². The standard InChI is InChI=1S/C28H39ClN8O2Si/c1-18(14-36-9-8-20(30)15-36)32-28(38)22-16-37(17-39-10-11-40(3,4)5)27-26(22)33-23(13-31-27)25-21-7-6-19(29)12-24(21)35(2)34-25/h6-7,12-13,16,18,20H,8-11,14-15,17,30H2,1-5H3,(H,32,38). The number of hydrogen-bond donors (Lipinski definition) is 2. The Hall–Kier alpha value is -2.83. The number of nitrogens with one attached hydrogen (secondary N) is 1. The van der Waals surface area contributed by atoms with Gasteiger partial charge in [0, 0.05) is 63.5 Å². The number of likely N-dealkylation sites (tertiary alicyclic amines) is 1. The van der Waals surface area contributed by atoms with Crippen molar-refractivity contribution in [3.8, 4) is 11.4 Å². The Morgan fingerprint density at radius 2 is 2.12 bits per heavy atom. The molecule has 40 heavy (non-hydrogen) atoms. The second-order valence-electron chi connectivity index (χ2n) is 12.1. The van der Waals surface area contributed by atoms with Crippen molar-refractivity contribution < 1.29 is 9.53 Å². The highest BCUT2D eigenvalue weighted by molar-refractivity contribution is 6.76. The van der Waals surface area contributed by atoms with E-state index >= 15 is 0 Å². The number of hydrogen-bond acceptors (Lipinski definition) is 7. The van der Waals surface area contributed by atoms with Crippen molar-refractivity contribution in [2.45, 2.75) is 57.8 Å². The van der Waals surface area contributed by atoms with Gasteiger partial charge in [-0.05, 0) is 44.1 Å². The number of amides is 1. The number of benzene rings is 1. The molecule has 0 radical (unpaired) electrons. The van der Waals surface area contributed by atoms with Gasteiger partial charge in [-0.25, -0.2) is 9.97 Å². The molecule has 1 amide bonds. The van der Waals surface area contributed by atoms with Gasteiger partial charge < -0.3 is 20.4 Å². The highest BCUT2D eigenvalue weighted by atomic mass is 35.5. The second kappa shape index (κ2) is 11.6. The number of carbonyl (C=O) groups excluding carboxylic acids is 1. The number of rotatable bonds is 10. The minimum atomic E-state index is -1.22. The SMILES string of the molecule is CC(CN1CCC(N)C1)NC(=O)c1cn(COCC[Si](C)(C)C)c2ncc(-c3nn(C)c4cc(Cl)ccc34)nc12. The number of fused-ring (bicyclic) bond motifs is 2. The summed E-state index contributed by atoms with van der Waals surface area (Å²) in [5, 5.41) is 9.41. The fourth-order valence-electron chi connectivity index (χ4n) is 5.15. The highest BCUT2D eigenvalue weighted by Crippen LogP contribution is 2.30. The molecule has 0 aliphatic carbocycles. The summed E-state index contributed by atoms with van der Waals surface area (Å²) in [4.78, 5) is 25.5. The lowest BCUT2D eigenvalue weighted by Crippen LogP contribution is -2.42. The molecule has 214 valence electrons. The molecule has 1 fully saturated rings. The van der Waals surface area contributed by atoms with Gasteiger partial charge >= 0.3 is 0 Å². The molecule has 10 nitrogen and oxygen atoms in total. The zero-order valence-corrected chi connectivity index (χ0v) is 25.7. The van der Waals surface area contributed by atoms with Gasteiger partial charge in [0.25, 0.3) is 5.91 Å². The first-order valence-corrected chi connectivity index (χ1v) is 17.9. The number of halogens is 1. The number of aromatic nitrogens is 5. The van der Waals surface area contributed by atoms with Crippen LogP contribution in [0.1, 0.15) is 23.7 Å². The van der Waals surface area contributed by atoms with E-state index in [1.165, 1.54) is 0 Å². The first-order chi connectivity index (χ1) is 19.0. The topological polar surface area (TPSA) is 116 Å². The van der Waals surface area contributed by atoms with Gasteiger partial charge in [0.05, 0.1) is 17.3 Å². The van der Waals surface area contributed by atoms with Crippen LogP contribution >= 0.6 is 11.6 Å². The van der Waals surface area contributed by atoms with E-state index in [1.807, 2.05) is 36.7 Å². The van der Waals surface area contributed by atoms with E-state index in [9.17, 15) is 4.79 Å². The lowest BCUT2D eigenvalue weighted by molar-refractivity contribution is 0.0889. The van der Waals surface area contributed by atoms with E-state index in [-0.39, 0.29) is 18.0 Å². The van der Waals surface area contributed by atoms with Gasteiger partial charge in [0.1, 0.15) is 23.6 Å². The Balaban J connectivity index is 1.46. The number of aryl methyl sites for hydroxylation is 1. The molecule has 4 aromatic rings. The van der Waals surface area contributed by atoms with E-state index < -0.39 is 8.07 Å². The summed E-state index contributed by atoms with van der Waals surface area (Å²) in [6.45, 7) is 12.5. The van der Waals surface area contributed by atoms with Gasteiger partial charge in [-0.1, -0.05) is 31.2 Å². The largest absolute Gasteiger partial charge is 0.361 e. The van der Waals surface area contributed by atoms with Crippen molar-refractivity contribution in [1.29, 1.82) is 0 Å². The van der Waals surface area contributed by atoms with Crippen LogP contribution in [-0.2, 0) is 18.5 Å². The van der Waals surface area contributed by atoms with Crippen LogP contribution in [0.15, 0.2) is 30.6 Å². The molecule has 0 saturated carbocycles. The normalized spacial score (nSPS) is 17.2. The second-order valence-corrected chi connectivity index (χ2v) is 18.2. The smallest absolute Gasteiger partial charge is 0.255 e. The molecule has 1 aliphatic heterocycles. The van der Waals surface area contributed by atoms with E-state index in [0.29, 0.717) is 46.5 Å². The maximum atomic E-state index is 13.6. The molecule has 2 unspecified atom stereocenters. The molecule has 4 heterocycles. The minimum absolute atomic E-state index is 0.0511. The van der Waals surface area contributed by atoms with Gasteiger partial charge in [0.2, 0.25) is 0 Å². The average molecular weight is 583 g/mol. The summed E-state index contributed by atoms with van der Waals surface area (Å²) >= 11 is 6.23.